The van der Waals surface area contributed by atoms with Gasteiger partial charge in [0.2, 0.25) is 0 Å². The van der Waals surface area contributed by atoms with Crippen molar-refractivity contribution in [1.82, 2.24) is 10.6 Å². The van der Waals surface area contributed by atoms with E-state index in [4.69, 9.17) is 4.99 Å². The fourth-order valence-electron chi connectivity index (χ4n) is 2.33. The Morgan fingerprint density at radius 3 is 2.71 bits per heavy atom. The molecule has 0 spiro atoms. The molecular formula is C17H28IN3. The summed E-state index contributed by atoms with van der Waals surface area (Å²) in [5, 5.41) is 6.83. The van der Waals surface area contributed by atoms with Crippen molar-refractivity contribution in [3.8, 4) is 0 Å². The number of rotatable bonds is 5. The first-order chi connectivity index (χ1) is 9.60. The SMILES string of the molecule is CCNC(=NCC(C)c1cccc(C)c1)NC1CC1C.I. The Morgan fingerprint density at radius 2 is 2.14 bits per heavy atom. The summed E-state index contributed by atoms with van der Waals surface area (Å²) >= 11 is 0. The van der Waals surface area contributed by atoms with Crippen molar-refractivity contribution < 1.29 is 0 Å². The maximum atomic E-state index is 4.73. The van der Waals surface area contributed by atoms with Crippen molar-refractivity contribution in [1.29, 1.82) is 0 Å². The van der Waals surface area contributed by atoms with Crippen LogP contribution >= 0.6 is 24.0 Å². The number of hydrogen-bond donors (Lipinski definition) is 2. The van der Waals surface area contributed by atoms with Crippen molar-refractivity contribution in [3.05, 3.63) is 35.4 Å². The molecule has 0 bridgehead atoms. The van der Waals surface area contributed by atoms with Gasteiger partial charge in [-0.2, -0.15) is 0 Å². The number of halogens is 1. The van der Waals surface area contributed by atoms with Crippen molar-refractivity contribution >= 4 is 29.9 Å². The third-order valence-corrected chi connectivity index (χ3v) is 3.91. The Morgan fingerprint density at radius 1 is 1.43 bits per heavy atom. The Hall–Kier alpha value is -0.780. The molecule has 2 rings (SSSR count). The number of hydrogen-bond acceptors (Lipinski definition) is 1. The standard InChI is InChI=1S/C17H27N3.HI/c1-5-18-17(20-16-10-13(16)3)19-11-14(4)15-8-6-7-12(2)9-15;/h6-9,13-14,16H,5,10-11H2,1-4H3,(H2,18,19,20);1H. The third kappa shape index (κ3) is 5.85. The van der Waals surface area contributed by atoms with Crippen LogP contribution in [0.3, 0.4) is 0 Å². The molecule has 4 heteroatoms. The van der Waals surface area contributed by atoms with Crippen LogP contribution in [0.5, 0.6) is 0 Å². The van der Waals surface area contributed by atoms with Crippen molar-refractivity contribution in [3.63, 3.8) is 0 Å². The molecule has 0 aromatic heterocycles. The van der Waals surface area contributed by atoms with Gasteiger partial charge in [0.15, 0.2) is 5.96 Å². The summed E-state index contributed by atoms with van der Waals surface area (Å²) in [5.41, 5.74) is 2.68. The zero-order valence-electron chi connectivity index (χ0n) is 13.5. The summed E-state index contributed by atoms with van der Waals surface area (Å²) in [4.78, 5) is 4.73. The largest absolute Gasteiger partial charge is 0.357 e. The number of nitrogens with zero attached hydrogens (tertiary/aromatic N) is 1. The molecule has 21 heavy (non-hydrogen) atoms. The number of benzene rings is 1. The minimum absolute atomic E-state index is 0. The second-order valence-corrected chi connectivity index (χ2v) is 6.00. The normalized spacial score (nSPS) is 22.2. The lowest BCUT2D eigenvalue weighted by Crippen LogP contribution is -2.39. The highest BCUT2D eigenvalue weighted by atomic mass is 127. The number of aliphatic imine (C=N–C) groups is 1. The monoisotopic (exact) mass is 401 g/mol. The smallest absolute Gasteiger partial charge is 0.191 e. The zero-order chi connectivity index (χ0) is 14.5. The molecule has 1 aliphatic carbocycles. The van der Waals surface area contributed by atoms with Crippen LogP contribution in [-0.4, -0.2) is 25.1 Å². The molecule has 1 saturated carbocycles. The maximum Gasteiger partial charge on any atom is 0.191 e. The summed E-state index contributed by atoms with van der Waals surface area (Å²) in [6.45, 7) is 10.5. The molecule has 2 N–H and O–H groups in total. The lowest BCUT2D eigenvalue weighted by atomic mass is 10.00. The van der Waals surface area contributed by atoms with E-state index >= 15 is 0 Å². The highest BCUT2D eigenvalue weighted by Gasteiger charge is 2.33. The zero-order valence-corrected chi connectivity index (χ0v) is 15.8. The summed E-state index contributed by atoms with van der Waals surface area (Å²) in [7, 11) is 0. The van der Waals surface area contributed by atoms with E-state index in [1.165, 1.54) is 17.5 Å². The minimum atomic E-state index is 0. The number of aryl methyl sites for hydroxylation is 1. The van der Waals surface area contributed by atoms with Gasteiger partial charge in [-0.25, -0.2) is 0 Å². The Bertz CT molecular complexity index is 473. The van der Waals surface area contributed by atoms with Gasteiger partial charge in [-0.05, 0) is 31.7 Å². The molecule has 3 nitrogen and oxygen atoms in total. The van der Waals surface area contributed by atoms with E-state index in [1.54, 1.807) is 0 Å². The van der Waals surface area contributed by atoms with Gasteiger partial charge in [0.25, 0.3) is 0 Å². The molecule has 3 unspecified atom stereocenters. The summed E-state index contributed by atoms with van der Waals surface area (Å²) in [6.07, 6.45) is 1.26. The van der Waals surface area contributed by atoms with Gasteiger partial charge in [-0.3, -0.25) is 4.99 Å². The lowest BCUT2D eigenvalue weighted by Gasteiger charge is -2.14. The molecule has 0 saturated heterocycles. The average molecular weight is 401 g/mol. The molecule has 0 aliphatic heterocycles. The fraction of sp³-hybridized carbons (Fsp3) is 0.588. The van der Waals surface area contributed by atoms with Crippen LogP contribution in [0.15, 0.2) is 29.3 Å². The van der Waals surface area contributed by atoms with E-state index in [9.17, 15) is 0 Å². The quantitative estimate of drug-likeness (QED) is 0.449. The van der Waals surface area contributed by atoms with Crippen LogP contribution in [0.25, 0.3) is 0 Å². The van der Waals surface area contributed by atoms with Crippen molar-refractivity contribution in [2.24, 2.45) is 10.9 Å². The molecular weight excluding hydrogens is 373 g/mol. The lowest BCUT2D eigenvalue weighted by molar-refractivity contribution is 0.733. The van der Waals surface area contributed by atoms with Gasteiger partial charge >= 0.3 is 0 Å². The van der Waals surface area contributed by atoms with Crippen LogP contribution in [0.1, 0.15) is 44.2 Å². The van der Waals surface area contributed by atoms with Crippen LogP contribution in [-0.2, 0) is 0 Å². The fourth-order valence-corrected chi connectivity index (χ4v) is 2.33. The molecule has 0 amide bonds. The third-order valence-electron chi connectivity index (χ3n) is 3.91. The topological polar surface area (TPSA) is 36.4 Å². The first-order valence-electron chi connectivity index (χ1n) is 7.71. The molecule has 0 radical (unpaired) electrons. The van der Waals surface area contributed by atoms with Gasteiger partial charge in [0, 0.05) is 25.0 Å². The van der Waals surface area contributed by atoms with Crippen LogP contribution in [0.4, 0.5) is 0 Å². The minimum Gasteiger partial charge on any atom is -0.357 e. The molecule has 1 fully saturated rings. The second-order valence-electron chi connectivity index (χ2n) is 6.00. The molecule has 3 atom stereocenters. The van der Waals surface area contributed by atoms with Crippen molar-refractivity contribution in [2.75, 3.05) is 13.1 Å². The summed E-state index contributed by atoms with van der Waals surface area (Å²) < 4.78 is 0. The van der Waals surface area contributed by atoms with Gasteiger partial charge < -0.3 is 10.6 Å². The maximum absolute atomic E-state index is 4.73. The molecule has 1 aromatic rings. The number of nitrogens with one attached hydrogen (secondary N) is 2. The summed E-state index contributed by atoms with van der Waals surface area (Å²) in [5.74, 6) is 2.19. The van der Waals surface area contributed by atoms with E-state index in [0.717, 1.165) is 25.0 Å². The average Bonchev–Trinajstić information content (AvgIpc) is 3.11. The first kappa shape index (κ1) is 18.3. The van der Waals surface area contributed by atoms with Gasteiger partial charge in [-0.1, -0.05) is 43.7 Å². The Kier molecular flexibility index (Phi) is 7.49. The van der Waals surface area contributed by atoms with Crippen molar-refractivity contribution in [2.45, 2.75) is 46.1 Å². The molecule has 118 valence electrons. The first-order valence-corrected chi connectivity index (χ1v) is 7.71. The van der Waals surface area contributed by atoms with E-state index in [2.05, 4.69) is 62.6 Å². The predicted molar refractivity (Wildman–Crippen MR) is 102 cm³/mol. The van der Waals surface area contributed by atoms with Gasteiger partial charge in [-0.15, -0.1) is 24.0 Å². The highest BCUT2D eigenvalue weighted by molar-refractivity contribution is 14.0. The van der Waals surface area contributed by atoms with E-state index in [1.807, 2.05) is 0 Å². The van der Waals surface area contributed by atoms with Crippen LogP contribution in [0.2, 0.25) is 0 Å². The van der Waals surface area contributed by atoms with Gasteiger partial charge in [0.1, 0.15) is 0 Å². The second kappa shape index (κ2) is 8.61. The van der Waals surface area contributed by atoms with Gasteiger partial charge in [0.05, 0.1) is 0 Å². The van der Waals surface area contributed by atoms with Crippen LogP contribution < -0.4 is 10.6 Å². The van der Waals surface area contributed by atoms with Crippen LogP contribution in [0, 0.1) is 12.8 Å². The number of guanidine groups is 1. The summed E-state index contributed by atoms with van der Waals surface area (Å²) in [6, 6.07) is 9.32. The molecule has 1 aromatic carbocycles. The Labute approximate surface area is 146 Å². The molecule has 1 aliphatic rings. The molecule has 0 heterocycles. The van der Waals surface area contributed by atoms with E-state index < -0.39 is 0 Å². The predicted octanol–water partition coefficient (Wildman–Crippen LogP) is 3.68. The highest BCUT2D eigenvalue weighted by Crippen LogP contribution is 2.28. The Balaban J connectivity index is 0.00000220. The van der Waals surface area contributed by atoms with E-state index in [-0.39, 0.29) is 24.0 Å². The van der Waals surface area contributed by atoms with E-state index in [0.29, 0.717) is 12.0 Å².